The maximum atomic E-state index is 13.0. The van der Waals surface area contributed by atoms with Gasteiger partial charge in [-0.2, -0.15) is 0 Å². The van der Waals surface area contributed by atoms with Crippen LogP contribution in [0.5, 0.6) is 0 Å². The van der Waals surface area contributed by atoms with Crippen LogP contribution in [0, 0.1) is 17.8 Å². The highest BCUT2D eigenvalue weighted by Gasteiger charge is 2.36. The van der Waals surface area contributed by atoms with Gasteiger partial charge in [-0.15, -0.1) is 0 Å². The van der Waals surface area contributed by atoms with Crippen LogP contribution >= 0.6 is 0 Å². The molecule has 1 atom stereocenters. The quantitative estimate of drug-likeness (QED) is 0.766. The normalized spacial score (nSPS) is 19.2. The second-order valence-corrected chi connectivity index (χ2v) is 6.65. The Labute approximate surface area is 118 Å². The van der Waals surface area contributed by atoms with E-state index >= 15 is 0 Å². The first-order chi connectivity index (χ1) is 8.86. The molecule has 0 aromatic heterocycles. The fourth-order valence-electron chi connectivity index (χ4n) is 3.38. The third-order valence-corrected chi connectivity index (χ3v) is 4.14. The van der Waals surface area contributed by atoms with Gasteiger partial charge in [0.2, 0.25) is 5.91 Å². The van der Waals surface area contributed by atoms with Crippen LogP contribution in [-0.2, 0) is 9.53 Å². The van der Waals surface area contributed by atoms with Gasteiger partial charge in [0.25, 0.3) is 0 Å². The lowest BCUT2D eigenvalue weighted by molar-refractivity contribution is -0.144. The number of nitrogens with zero attached hydrogens (tertiary/aromatic N) is 1. The average molecular weight is 269 g/mol. The van der Waals surface area contributed by atoms with Crippen LogP contribution in [0.1, 0.15) is 54.4 Å². The molecule has 1 aliphatic heterocycles. The fraction of sp³-hybridized carbons (Fsp3) is 0.938. The molecule has 1 rings (SSSR count). The molecular formula is C16H31NO2. The molecule has 1 amide bonds. The molecule has 19 heavy (non-hydrogen) atoms. The molecule has 0 N–H and O–H groups in total. The highest BCUT2D eigenvalue weighted by Crippen LogP contribution is 2.32. The van der Waals surface area contributed by atoms with Gasteiger partial charge >= 0.3 is 0 Å². The molecule has 1 heterocycles. The third kappa shape index (κ3) is 4.20. The Morgan fingerprint density at radius 1 is 1.00 bits per heavy atom. The third-order valence-electron chi connectivity index (χ3n) is 4.14. The van der Waals surface area contributed by atoms with E-state index in [1.165, 1.54) is 0 Å². The number of hydrogen-bond acceptors (Lipinski definition) is 2. The van der Waals surface area contributed by atoms with E-state index in [1.807, 2.05) is 0 Å². The van der Waals surface area contributed by atoms with Gasteiger partial charge < -0.3 is 9.64 Å². The Bertz CT molecular complexity index is 272. The zero-order valence-electron chi connectivity index (χ0n) is 13.5. The summed E-state index contributed by atoms with van der Waals surface area (Å²) < 4.78 is 5.44. The highest BCUT2D eigenvalue weighted by molar-refractivity contribution is 5.80. The maximum absolute atomic E-state index is 13.0. The first-order valence-electron chi connectivity index (χ1n) is 7.76. The number of ether oxygens (including phenoxy) is 1. The van der Waals surface area contributed by atoms with E-state index in [0.29, 0.717) is 17.7 Å². The first-order valence-corrected chi connectivity index (χ1v) is 7.76. The molecule has 1 saturated heterocycles. The van der Waals surface area contributed by atoms with E-state index in [0.717, 1.165) is 26.1 Å². The molecule has 0 saturated carbocycles. The molecule has 3 heteroatoms. The topological polar surface area (TPSA) is 29.5 Å². The van der Waals surface area contributed by atoms with Crippen LogP contribution in [0.2, 0.25) is 0 Å². The molecule has 0 radical (unpaired) electrons. The molecule has 0 aromatic rings. The van der Waals surface area contributed by atoms with Gasteiger partial charge in [-0.1, -0.05) is 13.8 Å². The van der Waals surface area contributed by atoms with Gasteiger partial charge in [0.1, 0.15) is 0 Å². The SMILES string of the molecule is CC(C)C(C(=O)N(C(C)C)C(C)C)C1CCOCC1. The maximum Gasteiger partial charge on any atom is 0.226 e. The molecule has 0 spiro atoms. The van der Waals surface area contributed by atoms with Gasteiger partial charge in [-0.05, 0) is 52.4 Å². The van der Waals surface area contributed by atoms with Gasteiger partial charge in [0.15, 0.2) is 0 Å². The Morgan fingerprint density at radius 2 is 1.47 bits per heavy atom. The molecule has 1 unspecified atom stereocenters. The Balaban J connectivity index is 2.87. The van der Waals surface area contributed by atoms with Crippen molar-refractivity contribution in [3.05, 3.63) is 0 Å². The average Bonchev–Trinajstić information content (AvgIpc) is 2.28. The van der Waals surface area contributed by atoms with Crippen LogP contribution in [-0.4, -0.2) is 36.1 Å². The van der Waals surface area contributed by atoms with E-state index in [4.69, 9.17) is 4.74 Å². The highest BCUT2D eigenvalue weighted by atomic mass is 16.5. The van der Waals surface area contributed by atoms with Crippen molar-refractivity contribution in [1.82, 2.24) is 4.90 Å². The number of carbonyl (C=O) groups is 1. The predicted molar refractivity (Wildman–Crippen MR) is 79.0 cm³/mol. The molecular weight excluding hydrogens is 238 g/mol. The smallest absolute Gasteiger partial charge is 0.226 e. The van der Waals surface area contributed by atoms with Crippen molar-refractivity contribution in [2.75, 3.05) is 13.2 Å². The summed E-state index contributed by atoms with van der Waals surface area (Å²) in [6.45, 7) is 14.4. The molecule has 3 nitrogen and oxygen atoms in total. The van der Waals surface area contributed by atoms with Crippen LogP contribution in [0.4, 0.5) is 0 Å². The van der Waals surface area contributed by atoms with Crippen LogP contribution in [0.25, 0.3) is 0 Å². The largest absolute Gasteiger partial charge is 0.381 e. The van der Waals surface area contributed by atoms with Crippen molar-refractivity contribution in [2.24, 2.45) is 17.8 Å². The minimum Gasteiger partial charge on any atom is -0.381 e. The molecule has 1 aliphatic rings. The van der Waals surface area contributed by atoms with E-state index in [9.17, 15) is 4.79 Å². The summed E-state index contributed by atoms with van der Waals surface area (Å²) >= 11 is 0. The van der Waals surface area contributed by atoms with E-state index in [1.54, 1.807) is 0 Å². The monoisotopic (exact) mass is 269 g/mol. The van der Waals surface area contributed by atoms with Crippen LogP contribution in [0.15, 0.2) is 0 Å². The summed E-state index contributed by atoms with van der Waals surface area (Å²) in [6, 6.07) is 0.544. The minimum atomic E-state index is 0.147. The summed E-state index contributed by atoms with van der Waals surface area (Å²) in [5, 5.41) is 0. The number of hydrogen-bond donors (Lipinski definition) is 0. The number of carbonyl (C=O) groups excluding carboxylic acids is 1. The summed E-state index contributed by atoms with van der Waals surface area (Å²) in [6.07, 6.45) is 2.05. The zero-order chi connectivity index (χ0) is 14.6. The van der Waals surface area contributed by atoms with Crippen molar-refractivity contribution in [1.29, 1.82) is 0 Å². The van der Waals surface area contributed by atoms with Crippen molar-refractivity contribution in [3.8, 4) is 0 Å². The minimum absolute atomic E-state index is 0.147. The summed E-state index contributed by atoms with van der Waals surface area (Å²) in [4.78, 5) is 15.0. The summed E-state index contributed by atoms with van der Waals surface area (Å²) in [7, 11) is 0. The van der Waals surface area contributed by atoms with Crippen molar-refractivity contribution in [3.63, 3.8) is 0 Å². The molecule has 0 aromatic carbocycles. The lowest BCUT2D eigenvalue weighted by atomic mass is 9.78. The predicted octanol–water partition coefficient (Wildman–Crippen LogP) is 3.33. The second kappa shape index (κ2) is 7.28. The van der Waals surface area contributed by atoms with Crippen LogP contribution < -0.4 is 0 Å². The number of rotatable bonds is 5. The van der Waals surface area contributed by atoms with Gasteiger partial charge in [0, 0.05) is 31.2 Å². The van der Waals surface area contributed by atoms with Crippen molar-refractivity contribution in [2.45, 2.75) is 66.5 Å². The zero-order valence-corrected chi connectivity index (χ0v) is 13.5. The summed E-state index contributed by atoms with van der Waals surface area (Å²) in [5.41, 5.74) is 0. The molecule has 0 aliphatic carbocycles. The standard InChI is InChI=1S/C16H31NO2/c1-11(2)15(14-7-9-19-10-8-14)16(18)17(12(3)4)13(5)6/h11-15H,7-10H2,1-6H3. The summed E-state index contributed by atoms with van der Waals surface area (Å²) in [5.74, 6) is 1.37. The Morgan fingerprint density at radius 3 is 1.84 bits per heavy atom. The van der Waals surface area contributed by atoms with E-state index < -0.39 is 0 Å². The molecule has 112 valence electrons. The lowest BCUT2D eigenvalue weighted by Gasteiger charge is -2.39. The van der Waals surface area contributed by atoms with Crippen LogP contribution in [0.3, 0.4) is 0 Å². The molecule has 0 bridgehead atoms. The van der Waals surface area contributed by atoms with Gasteiger partial charge in [-0.3, -0.25) is 4.79 Å². The van der Waals surface area contributed by atoms with Crippen molar-refractivity contribution < 1.29 is 9.53 Å². The lowest BCUT2D eigenvalue weighted by Crippen LogP contribution is -2.48. The Hall–Kier alpha value is -0.570. The van der Waals surface area contributed by atoms with Gasteiger partial charge in [0.05, 0.1) is 0 Å². The Kier molecular flexibility index (Phi) is 6.31. The second-order valence-electron chi connectivity index (χ2n) is 6.65. The number of amides is 1. The molecule has 1 fully saturated rings. The fourth-order valence-corrected chi connectivity index (χ4v) is 3.38. The van der Waals surface area contributed by atoms with Gasteiger partial charge in [-0.25, -0.2) is 0 Å². The van der Waals surface area contributed by atoms with Crippen molar-refractivity contribution >= 4 is 5.91 Å². The van der Waals surface area contributed by atoms with E-state index in [2.05, 4.69) is 46.4 Å². The first kappa shape index (κ1) is 16.5. The van der Waals surface area contributed by atoms with E-state index in [-0.39, 0.29) is 18.0 Å².